The molecule has 1 aliphatic rings. The van der Waals surface area contributed by atoms with Gasteiger partial charge >= 0.3 is 6.03 Å². The number of halogens is 1. The molecule has 24 heavy (non-hydrogen) atoms. The quantitative estimate of drug-likeness (QED) is 0.570. The van der Waals surface area contributed by atoms with Crippen LogP contribution in [0.3, 0.4) is 0 Å². The number of hydrogen-bond donors (Lipinski definition) is 2. The van der Waals surface area contributed by atoms with E-state index in [1.54, 1.807) is 31.2 Å². The summed E-state index contributed by atoms with van der Waals surface area (Å²) >= 11 is 5.88. The maximum Gasteiger partial charge on any atom is 0.325 e. The van der Waals surface area contributed by atoms with Gasteiger partial charge in [0.25, 0.3) is 5.91 Å². The predicted molar refractivity (Wildman–Crippen MR) is 88.6 cm³/mol. The molecule has 1 aliphatic heterocycles. The lowest BCUT2D eigenvalue weighted by Gasteiger charge is -2.25. The molecule has 0 spiro atoms. The highest BCUT2D eigenvalue weighted by Crippen LogP contribution is 2.32. The van der Waals surface area contributed by atoms with Crippen LogP contribution >= 0.6 is 11.6 Å². The molecule has 0 radical (unpaired) electrons. The first-order chi connectivity index (χ1) is 11.4. The smallest absolute Gasteiger partial charge is 0.325 e. The Morgan fingerprint density at radius 1 is 1.33 bits per heavy atom. The molecule has 1 aromatic carbocycles. The minimum Gasteiger partial charge on any atom is -0.383 e. The third-order valence-electron chi connectivity index (χ3n) is 3.97. The molecule has 1 saturated heterocycles. The van der Waals surface area contributed by atoms with Crippen LogP contribution in [0, 0.1) is 0 Å². The van der Waals surface area contributed by atoms with E-state index in [-0.39, 0.29) is 6.54 Å². The summed E-state index contributed by atoms with van der Waals surface area (Å²) in [6, 6.07) is 6.14. The van der Waals surface area contributed by atoms with Crippen LogP contribution in [0.15, 0.2) is 24.3 Å². The van der Waals surface area contributed by atoms with E-state index in [9.17, 15) is 14.4 Å². The molecule has 1 aromatic rings. The van der Waals surface area contributed by atoms with Crippen molar-refractivity contribution in [2.24, 2.45) is 0 Å². The van der Waals surface area contributed by atoms with Crippen LogP contribution in [0.5, 0.6) is 0 Å². The molecule has 7 nitrogen and oxygen atoms in total. The average Bonchev–Trinajstić information content (AvgIpc) is 2.81. The normalized spacial score (nSPS) is 20.2. The van der Waals surface area contributed by atoms with Gasteiger partial charge in [-0.25, -0.2) is 4.79 Å². The molecule has 1 heterocycles. The van der Waals surface area contributed by atoms with E-state index < -0.39 is 23.4 Å². The molecule has 0 saturated carbocycles. The van der Waals surface area contributed by atoms with E-state index >= 15 is 0 Å². The van der Waals surface area contributed by atoms with Gasteiger partial charge in [-0.1, -0.05) is 30.7 Å². The maximum absolute atomic E-state index is 12.8. The molecule has 0 aromatic heterocycles. The number of carbonyl (C=O) groups is 3. The highest BCUT2D eigenvalue weighted by atomic mass is 35.5. The second kappa shape index (κ2) is 7.63. The second-order valence-corrected chi connectivity index (χ2v) is 5.87. The Morgan fingerprint density at radius 3 is 2.58 bits per heavy atom. The summed E-state index contributed by atoms with van der Waals surface area (Å²) in [6.45, 7) is 2.14. The summed E-state index contributed by atoms with van der Waals surface area (Å²) in [5.74, 6) is -0.863. The fourth-order valence-electron chi connectivity index (χ4n) is 2.64. The average molecular weight is 354 g/mol. The van der Waals surface area contributed by atoms with E-state index in [1.165, 1.54) is 7.11 Å². The molecule has 2 N–H and O–H groups in total. The molecule has 1 fully saturated rings. The van der Waals surface area contributed by atoms with Crippen LogP contribution in [-0.4, -0.2) is 49.6 Å². The first-order valence-electron chi connectivity index (χ1n) is 7.60. The van der Waals surface area contributed by atoms with Crippen LogP contribution < -0.4 is 10.6 Å². The van der Waals surface area contributed by atoms with Crippen LogP contribution in [0.25, 0.3) is 0 Å². The van der Waals surface area contributed by atoms with Crippen molar-refractivity contribution in [3.8, 4) is 0 Å². The van der Waals surface area contributed by atoms with Gasteiger partial charge in [0.2, 0.25) is 5.91 Å². The molecule has 1 unspecified atom stereocenters. The van der Waals surface area contributed by atoms with Crippen LogP contribution in [0.4, 0.5) is 4.79 Å². The zero-order chi connectivity index (χ0) is 17.7. The Hall–Kier alpha value is -2.12. The zero-order valence-electron chi connectivity index (χ0n) is 13.6. The first kappa shape index (κ1) is 18.2. The van der Waals surface area contributed by atoms with Crippen molar-refractivity contribution < 1.29 is 19.1 Å². The second-order valence-electron chi connectivity index (χ2n) is 5.43. The molecule has 130 valence electrons. The molecule has 1 atom stereocenters. The summed E-state index contributed by atoms with van der Waals surface area (Å²) in [5.41, 5.74) is -0.538. The summed E-state index contributed by atoms with van der Waals surface area (Å²) in [4.78, 5) is 37.9. The number of nitrogens with one attached hydrogen (secondary N) is 2. The SMILES string of the molecule is CCC1(c2ccc(Cl)cc2)NC(=O)N(CC(=O)NCCOC)C1=O. The fourth-order valence-corrected chi connectivity index (χ4v) is 2.76. The van der Waals surface area contributed by atoms with Gasteiger partial charge in [0.15, 0.2) is 0 Å². The van der Waals surface area contributed by atoms with E-state index in [2.05, 4.69) is 10.6 Å². The molecular formula is C16H20ClN3O4. The number of ether oxygens (including phenoxy) is 1. The van der Waals surface area contributed by atoms with Gasteiger partial charge in [-0.3, -0.25) is 14.5 Å². The highest BCUT2D eigenvalue weighted by Gasteiger charge is 2.51. The number of hydrogen-bond acceptors (Lipinski definition) is 4. The van der Waals surface area contributed by atoms with Crippen molar-refractivity contribution in [1.82, 2.24) is 15.5 Å². The van der Waals surface area contributed by atoms with Crippen molar-refractivity contribution >= 4 is 29.4 Å². The number of amides is 4. The van der Waals surface area contributed by atoms with Crippen molar-refractivity contribution in [3.05, 3.63) is 34.9 Å². The van der Waals surface area contributed by atoms with Gasteiger partial charge in [0, 0.05) is 18.7 Å². The van der Waals surface area contributed by atoms with Gasteiger partial charge in [0.05, 0.1) is 6.61 Å². The van der Waals surface area contributed by atoms with E-state index in [1.807, 2.05) is 0 Å². The number of rotatable bonds is 7. The van der Waals surface area contributed by atoms with Gasteiger partial charge < -0.3 is 15.4 Å². The van der Waals surface area contributed by atoms with Gasteiger partial charge in [-0.15, -0.1) is 0 Å². The predicted octanol–water partition coefficient (Wildman–Crippen LogP) is 1.26. The Balaban J connectivity index is 2.16. The minimum atomic E-state index is -1.17. The van der Waals surface area contributed by atoms with Gasteiger partial charge in [-0.05, 0) is 24.1 Å². The lowest BCUT2D eigenvalue weighted by atomic mass is 9.87. The number of carbonyl (C=O) groups excluding carboxylic acids is 3. The largest absolute Gasteiger partial charge is 0.383 e. The topological polar surface area (TPSA) is 87.7 Å². The van der Waals surface area contributed by atoms with E-state index in [4.69, 9.17) is 16.3 Å². The van der Waals surface area contributed by atoms with Crippen molar-refractivity contribution in [2.45, 2.75) is 18.9 Å². The number of methoxy groups -OCH3 is 1. The number of benzene rings is 1. The third-order valence-corrected chi connectivity index (χ3v) is 4.23. The standard InChI is InChI=1S/C16H20ClN3O4/c1-3-16(11-4-6-12(17)7-5-11)14(22)20(15(23)19-16)10-13(21)18-8-9-24-2/h4-7H,3,8-10H2,1-2H3,(H,18,21)(H,19,23). The zero-order valence-corrected chi connectivity index (χ0v) is 14.4. The summed E-state index contributed by atoms with van der Waals surface area (Å²) in [6.07, 6.45) is 0.362. The lowest BCUT2D eigenvalue weighted by Crippen LogP contribution is -2.45. The fraction of sp³-hybridized carbons (Fsp3) is 0.438. The van der Waals surface area contributed by atoms with Crippen LogP contribution in [-0.2, 0) is 19.9 Å². The summed E-state index contributed by atoms with van der Waals surface area (Å²) in [5, 5.41) is 5.84. The molecular weight excluding hydrogens is 334 g/mol. The highest BCUT2D eigenvalue weighted by molar-refractivity contribution is 6.30. The van der Waals surface area contributed by atoms with Crippen molar-refractivity contribution in [1.29, 1.82) is 0 Å². The van der Waals surface area contributed by atoms with Crippen molar-refractivity contribution in [2.75, 3.05) is 26.8 Å². The van der Waals surface area contributed by atoms with E-state index in [0.29, 0.717) is 30.2 Å². The lowest BCUT2D eigenvalue weighted by molar-refractivity contribution is -0.135. The van der Waals surface area contributed by atoms with Gasteiger partial charge in [-0.2, -0.15) is 0 Å². The molecule has 8 heteroatoms. The summed E-state index contributed by atoms with van der Waals surface area (Å²) < 4.78 is 4.84. The first-order valence-corrected chi connectivity index (χ1v) is 7.98. The molecule has 0 bridgehead atoms. The number of nitrogens with zero attached hydrogens (tertiary/aromatic N) is 1. The van der Waals surface area contributed by atoms with Gasteiger partial charge in [0.1, 0.15) is 12.1 Å². The Bertz CT molecular complexity index is 635. The van der Waals surface area contributed by atoms with Crippen molar-refractivity contribution in [3.63, 3.8) is 0 Å². The van der Waals surface area contributed by atoms with Crippen LogP contribution in [0.1, 0.15) is 18.9 Å². The third kappa shape index (κ3) is 3.52. The number of imide groups is 1. The van der Waals surface area contributed by atoms with Crippen LogP contribution in [0.2, 0.25) is 5.02 Å². The molecule has 4 amide bonds. The maximum atomic E-state index is 12.8. The molecule has 2 rings (SSSR count). The Kier molecular flexibility index (Phi) is 5.80. The van der Waals surface area contributed by atoms with E-state index in [0.717, 1.165) is 4.90 Å². The molecule has 0 aliphatic carbocycles. The number of urea groups is 1. The Morgan fingerprint density at radius 2 is 2.00 bits per heavy atom. The Labute approximate surface area is 145 Å². The monoisotopic (exact) mass is 353 g/mol. The minimum absolute atomic E-state index is 0.315. The summed E-state index contributed by atoms with van der Waals surface area (Å²) in [7, 11) is 1.52.